The molecule has 0 aliphatic rings. The Kier molecular flexibility index (Phi) is 7.91. The molecule has 0 aliphatic carbocycles. The number of anilines is 1. The van der Waals surface area contributed by atoms with E-state index >= 15 is 0 Å². The summed E-state index contributed by atoms with van der Waals surface area (Å²) in [5.74, 6) is 0.546. The first-order valence-corrected chi connectivity index (χ1v) is 11.7. The number of imidazole rings is 1. The monoisotopic (exact) mass is 485 g/mol. The Bertz CT molecular complexity index is 1100. The van der Waals surface area contributed by atoms with Crippen molar-refractivity contribution in [3.05, 3.63) is 35.6 Å². The minimum Gasteiger partial charge on any atom is -0.476 e. The lowest BCUT2D eigenvalue weighted by Gasteiger charge is -2.22. The number of fused-ring (bicyclic) bond motifs is 1. The molecule has 0 amide bonds. The van der Waals surface area contributed by atoms with Crippen molar-refractivity contribution in [1.29, 1.82) is 0 Å². The lowest BCUT2D eigenvalue weighted by atomic mass is 10.1. The van der Waals surface area contributed by atoms with Crippen LogP contribution in [0.5, 0.6) is 11.6 Å². The topological polar surface area (TPSA) is 144 Å². The molecule has 3 N–H and O–H groups in total. The summed E-state index contributed by atoms with van der Waals surface area (Å²) >= 11 is 5.80. The highest BCUT2D eigenvalue weighted by Crippen LogP contribution is 2.44. The average molecular weight is 486 g/mol. The van der Waals surface area contributed by atoms with Gasteiger partial charge in [0, 0.05) is 18.2 Å². The maximum absolute atomic E-state index is 12.3. The maximum Gasteiger partial charge on any atom is 0.527 e. The number of halogens is 1. The molecule has 0 aliphatic heterocycles. The van der Waals surface area contributed by atoms with Crippen molar-refractivity contribution in [2.45, 2.75) is 32.4 Å². The summed E-state index contributed by atoms with van der Waals surface area (Å²) < 4.78 is 35.2. The molecular weight excluding hydrogens is 461 g/mol. The van der Waals surface area contributed by atoms with Crippen molar-refractivity contribution in [2.75, 3.05) is 26.1 Å². The van der Waals surface area contributed by atoms with E-state index in [0.29, 0.717) is 35.1 Å². The number of hydrogen-bond donors (Lipinski definition) is 2. The SMILES string of the molecule is CCOc1nc(N)nc2c1ncn2C(C)CC(COP(=O)(O)Oc1ccc(Cl)cc1)OC. The Hall–Kier alpha value is -2.43. The van der Waals surface area contributed by atoms with Crippen molar-refractivity contribution in [3.8, 4) is 11.6 Å². The molecule has 0 saturated carbocycles. The molecular formula is C19H25ClN5O6P. The molecule has 11 nitrogen and oxygen atoms in total. The van der Waals surface area contributed by atoms with E-state index < -0.39 is 13.9 Å². The molecule has 3 rings (SSSR count). The van der Waals surface area contributed by atoms with Gasteiger partial charge in [-0.15, -0.1) is 0 Å². The van der Waals surface area contributed by atoms with Crippen LogP contribution in [0.1, 0.15) is 26.3 Å². The number of nitrogens with zero attached hydrogens (tertiary/aromatic N) is 4. The van der Waals surface area contributed by atoms with Gasteiger partial charge in [-0.2, -0.15) is 9.97 Å². The maximum atomic E-state index is 12.3. The number of ether oxygens (including phenoxy) is 2. The summed E-state index contributed by atoms with van der Waals surface area (Å²) in [6.45, 7) is 4.00. The van der Waals surface area contributed by atoms with Gasteiger partial charge in [0.15, 0.2) is 11.2 Å². The average Bonchev–Trinajstić information content (AvgIpc) is 3.17. The van der Waals surface area contributed by atoms with Crippen LogP contribution in [0.3, 0.4) is 0 Å². The molecule has 3 aromatic rings. The second kappa shape index (κ2) is 10.5. The third-order valence-electron chi connectivity index (χ3n) is 4.56. The molecule has 3 unspecified atom stereocenters. The van der Waals surface area contributed by atoms with Gasteiger partial charge in [0.2, 0.25) is 11.8 Å². The summed E-state index contributed by atoms with van der Waals surface area (Å²) in [6, 6.07) is 5.86. The van der Waals surface area contributed by atoms with Crippen LogP contribution >= 0.6 is 19.4 Å². The first-order chi connectivity index (χ1) is 15.2. The highest BCUT2D eigenvalue weighted by molar-refractivity contribution is 7.47. The van der Waals surface area contributed by atoms with Crippen LogP contribution in [0.4, 0.5) is 5.95 Å². The second-order valence-electron chi connectivity index (χ2n) is 6.90. The third-order valence-corrected chi connectivity index (χ3v) is 5.73. The van der Waals surface area contributed by atoms with Crippen molar-refractivity contribution in [3.63, 3.8) is 0 Å². The number of rotatable bonds is 11. The van der Waals surface area contributed by atoms with E-state index in [-0.39, 0.29) is 24.3 Å². The van der Waals surface area contributed by atoms with Gasteiger partial charge in [-0.3, -0.25) is 9.42 Å². The number of aromatic nitrogens is 4. The zero-order valence-electron chi connectivity index (χ0n) is 17.8. The normalized spacial score (nSPS) is 15.3. The fourth-order valence-electron chi connectivity index (χ4n) is 3.03. The minimum atomic E-state index is -4.36. The van der Waals surface area contributed by atoms with Crippen molar-refractivity contribution >= 4 is 36.5 Å². The number of nitrogen functional groups attached to an aromatic ring is 1. The quantitative estimate of drug-likeness (QED) is 0.386. The van der Waals surface area contributed by atoms with Crippen LogP contribution in [-0.4, -0.2) is 50.8 Å². The molecule has 2 aromatic heterocycles. The number of methoxy groups -OCH3 is 1. The molecule has 0 bridgehead atoms. The summed E-state index contributed by atoms with van der Waals surface area (Å²) in [5.41, 5.74) is 6.82. The molecule has 174 valence electrons. The summed E-state index contributed by atoms with van der Waals surface area (Å²) in [4.78, 5) is 22.7. The third kappa shape index (κ3) is 6.08. The number of hydrogen-bond acceptors (Lipinski definition) is 9. The standard InChI is InChI=1S/C19H25ClN5O6P/c1-4-29-18-16-17(23-19(21)24-18)25(11-22-16)12(2)9-15(28-3)10-30-32(26,27)31-14-7-5-13(20)6-8-14/h5-8,11-12,15H,4,9-10H2,1-3H3,(H,26,27)(H2,21,23,24). The van der Waals surface area contributed by atoms with E-state index in [1.807, 2.05) is 18.4 Å². The zero-order valence-corrected chi connectivity index (χ0v) is 19.5. The van der Waals surface area contributed by atoms with E-state index in [1.54, 1.807) is 18.5 Å². The van der Waals surface area contributed by atoms with E-state index in [2.05, 4.69) is 15.0 Å². The fourth-order valence-corrected chi connectivity index (χ4v) is 3.95. The Balaban J connectivity index is 1.66. The van der Waals surface area contributed by atoms with Gasteiger partial charge in [0.1, 0.15) is 5.75 Å². The predicted molar refractivity (Wildman–Crippen MR) is 119 cm³/mol. The Morgan fingerprint density at radius 1 is 1.28 bits per heavy atom. The van der Waals surface area contributed by atoms with Gasteiger partial charge in [-0.05, 0) is 44.5 Å². The molecule has 0 radical (unpaired) electrons. The van der Waals surface area contributed by atoms with Crippen LogP contribution in [0.2, 0.25) is 5.02 Å². The lowest BCUT2D eigenvalue weighted by Crippen LogP contribution is -2.22. The number of phosphoric acid groups is 1. The summed E-state index contributed by atoms with van der Waals surface area (Å²) in [5, 5.41) is 0.479. The van der Waals surface area contributed by atoms with Crippen LogP contribution in [0.25, 0.3) is 11.2 Å². The zero-order chi connectivity index (χ0) is 23.3. The Morgan fingerprint density at radius 3 is 2.66 bits per heavy atom. The summed E-state index contributed by atoms with van der Waals surface area (Å²) in [6.07, 6.45) is 1.53. The molecule has 0 saturated heterocycles. The number of nitrogens with two attached hydrogens (primary N) is 1. The first kappa shape index (κ1) is 24.2. The number of phosphoric ester groups is 1. The Labute approximate surface area is 190 Å². The molecule has 2 heterocycles. The van der Waals surface area contributed by atoms with Gasteiger partial charge in [-0.1, -0.05) is 11.6 Å². The molecule has 0 fully saturated rings. The van der Waals surface area contributed by atoms with Crippen LogP contribution in [0.15, 0.2) is 30.6 Å². The highest BCUT2D eigenvalue weighted by atomic mass is 35.5. The van der Waals surface area contributed by atoms with Gasteiger partial charge in [0.05, 0.1) is 25.6 Å². The fraction of sp³-hybridized carbons (Fsp3) is 0.421. The first-order valence-electron chi connectivity index (χ1n) is 9.80. The van der Waals surface area contributed by atoms with Crippen molar-refractivity contribution < 1.29 is 28.0 Å². The van der Waals surface area contributed by atoms with Gasteiger partial charge in [0.25, 0.3) is 0 Å². The van der Waals surface area contributed by atoms with Crippen LogP contribution in [0, 0.1) is 0 Å². The molecule has 1 aromatic carbocycles. The highest BCUT2D eigenvalue weighted by Gasteiger charge is 2.27. The van der Waals surface area contributed by atoms with Crippen molar-refractivity contribution in [2.24, 2.45) is 0 Å². The Morgan fingerprint density at radius 2 is 2.00 bits per heavy atom. The number of benzene rings is 1. The van der Waals surface area contributed by atoms with Gasteiger partial charge < -0.3 is 24.3 Å². The van der Waals surface area contributed by atoms with Crippen LogP contribution in [-0.2, 0) is 13.8 Å². The second-order valence-corrected chi connectivity index (χ2v) is 8.71. The molecule has 3 atom stereocenters. The lowest BCUT2D eigenvalue weighted by molar-refractivity contribution is 0.0334. The van der Waals surface area contributed by atoms with E-state index in [4.69, 9.17) is 35.9 Å². The van der Waals surface area contributed by atoms with E-state index in [9.17, 15) is 9.46 Å². The largest absolute Gasteiger partial charge is 0.527 e. The van der Waals surface area contributed by atoms with Gasteiger partial charge in [-0.25, -0.2) is 9.55 Å². The molecule has 0 spiro atoms. The van der Waals surface area contributed by atoms with Gasteiger partial charge >= 0.3 is 7.82 Å². The summed E-state index contributed by atoms with van der Waals surface area (Å²) in [7, 11) is -2.87. The minimum absolute atomic E-state index is 0.0714. The smallest absolute Gasteiger partial charge is 0.476 e. The van der Waals surface area contributed by atoms with E-state index in [0.717, 1.165) is 0 Å². The molecule has 13 heteroatoms. The van der Waals surface area contributed by atoms with E-state index in [1.165, 1.54) is 19.2 Å². The predicted octanol–water partition coefficient (Wildman–Crippen LogP) is 3.62. The van der Waals surface area contributed by atoms with Crippen molar-refractivity contribution in [1.82, 2.24) is 19.5 Å². The van der Waals surface area contributed by atoms with Crippen LogP contribution < -0.4 is 15.0 Å². The molecule has 32 heavy (non-hydrogen) atoms.